The average molecular weight is 317 g/mol. The second-order valence-corrected chi connectivity index (χ2v) is 8.76. The SMILES string of the molecule is C#CCN(C1CCS(=O)(=O)C1)S(=O)(=O)c1cn[nH]c1C. The first-order valence-electron chi connectivity index (χ1n) is 5.93. The van der Waals surface area contributed by atoms with Crippen molar-refractivity contribution < 1.29 is 16.8 Å². The summed E-state index contributed by atoms with van der Waals surface area (Å²) in [6.45, 7) is 1.42. The van der Waals surface area contributed by atoms with Gasteiger partial charge >= 0.3 is 0 Å². The third-order valence-corrected chi connectivity index (χ3v) is 7.00. The van der Waals surface area contributed by atoms with E-state index in [0.29, 0.717) is 5.69 Å². The number of terminal acetylenes is 1. The molecule has 1 aliphatic rings. The Bertz CT molecular complexity index is 743. The van der Waals surface area contributed by atoms with E-state index in [0.717, 1.165) is 4.31 Å². The molecule has 1 atom stereocenters. The van der Waals surface area contributed by atoms with Gasteiger partial charge in [0.15, 0.2) is 9.84 Å². The Balaban J connectivity index is 2.40. The van der Waals surface area contributed by atoms with Gasteiger partial charge in [0.2, 0.25) is 10.0 Å². The second kappa shape index (κ2) is 5.20. The van der Waals surface area contributed by atoms with Crippen molar-refractivity contribution in [3.63, 3.8) is 0 Å². The zero-order valence-electron chi connectivity index (χ0n) is 10.9. The number of hydrogen-bond acceptors (Lipinski definition) is 5. The molecule has 1 saturated heterocycles. The maximum absolute atomic E-state index is 12.6. The van der Waals surface area contributed by atoms with Crippen molar-refractivity contribution in [2.75, 3.05) is 18.1 Å². The molecule has 9 heteroatoms. The Morgan fingerprint density at radius 3 is 2.75 bits per heavy atom. The fourth-order valence-corrected chi connectivity index (χ4v) is 5.74. The fourth-order valence-electron chi connectivity index (χ4n) is 2.23. The van der Waals surface area contributed by atoms with Gasteiger partial charge in [0.05, 0.1) is 29.9 Å². The smallest absolute Gasteiger partial charge is 0.247 e. The molecule has 1 fully saturated rings. The average Bonchev–Trinajstić information content (AvgIpc) is 2.92. The lowest BCUT2D eigenvalue weighted by molar-refractivity contribution is 0.371. The predicted octanol–water partition coefficient (Wildman–Crippen LogP) is -0.471. The van der Waals surface area contributed by atoms with Gasteiger partial charge in [-0.25, -0.2) is 16.8 Å². The summed E-state index contributed by atoms with van der Waals surface area (Å²) >= 11 is 0. The predicted molar refractivity (Wildman–Crippen MR) is 73.1 cm³/mol. The Kier molecular flexibility index (Phi) is 3.90. The van der Waals surface area contributed by atoms with E-state index in [-0.39, 0.29) is 29.4 Å². The molecule has 0 amide bonds. The number of aryl methyl sites for hydroxylation is 1. The van der Waals surface area contributed by atoms with Crippen molar-refractivity contribution in [1.82, 2.24) is 14.5 Å². The highest BCUT2D eigenvalue weighted by molar-refractivity contribution is 7.92. The number of nitrogens with one attached hydrogen (secondary N) is 1. The van der Waals surface area contributed by atoms with Crippen LogP contribution in [-0.2, 0) is 19.9 Å². The standard InChI is InChI=1S/C11H15N3O4S2/c1-3-5-14(10-4-6-19(15,16)8-10)20(17,18)11-7-12-13-9(11)2/h1,7,10H,4-6,8H2,2H3,(H,12,13). The number of hydrogen-bond donors (Lipinski definition) is 1. The van der Waals surface area contributed by atoms with Crippen LogP contribution in [0.4, 0.5) is 0 Å². The summed E-state index contributed by atoms with van der Waals surface area (Å²) < 4.78 is 49.3. The molecule has 1 aromatic heterocycles. The second-order valence-electron chi connectivity index (χ2n) is 4.67. The minimum absolute atomic E-state index is 0.0153. The van der Waals surface area contributed by atoms with Crippen molar-refractivity contribution >= 4 is 19.9 Å². The lowest BCUT2D eigenvalue weighted by Crippen LogP contribution is -2.41. The summed E-state index contributed by atoms with van der Waals surface area (Å²) in [4.78, 5) is 0.0250. The molecular formula is C11H15N3O4S2. The van der Waals surface area contributed by atoms with Crippen molar-refractivity contribution in [2.24, 2.45) is 0 Å². The molecule has 1 aromatic rings. The fraction of sp³-hybridized carbons (Fsp3) is 0.545. The van der Waals surface area contributed by atoms with Crippen LogP contribution in [0.15, 0.2) is 11.1 Å². The third-order valence-electron chi connectivity index (χ3n) is 3.23. The molecular weight excluding hydrogens is 302 g/mol. The van der Waals surface area contributed by atoms with Gasteiger partial charge in [-0.1, -0.05) is 5.92 Å². The number of rotatable bonds is 4. The van der Waals surface area contributed by atoms with Crippen molar-refractivity contribution in [3.05, 3.63) is 11.9 Å². The van der Waals surface area contributed by atoms with Crippen LogP contribution >= 0.6 is 0 Å². The largest absolute Gasteiger partial charge is 0.281 e. The molecule has 20 heavy (non-hydrogen) atoms. The van der Waals surface area contributed by atoms with Gasteiger partial charge in [-0.3, -0.25) is 5.10 Å². The minimum Gasteiger partial charge on any atom is -0.281 e. The Morgan fingerprint density at radius 2 is 2.30 bits per heavy atom. The van der Waals surface area contributed by atoms with Crippen LogP contribution in [0.2, 0.25) is 0 Å². The molecule has 2 heterocycles. The highest BCUT2D eigenvalue weighted by atomic mass is 32.2. The number of sulfone groups is 1. The molecule has 2 rings (SSSR count). The molecule has 0 spiro atoms. The van der Waals surface area contributed by atoms with Crippen LogP contribution in [0, 0.1) is 19.3 Å². The van der Waals surface area contributed by atoms with Crippen molar-refractivity contribution in [2.45, 2.75) is 24.3 Å². The zero-order chi connectivity index (χ0) is 15.0. The molecule has 1 N–H and O–H groups in total. The maximum Gasteiger partial charge on any atom is 0.247 e. The summed E-state index contributed by atoms with van der Waals surface area (Å²) in [5, 5.41) is 6.24. The molecule has 7 nitrogen and oxygen atoms in total. The third kappa shape index (κ3) is 2.72. The van der Waals surface area contributed by atoms with Crippen LogP contribution < -0.4 is 0 Å². The molecule has 0 saturated carbocycles. The summed E-state index contributed by atoms with van der Waals surface area (Å²) in [5.74, 6) is 2.08. The maximum atomic E-state index is 12.6. The van der Waals surface area contributed by atoms with E-state index in [1.165, 1.54) is 6.20 Å². The van der Waals surface area contributed by atoms with Crippen LogP contribution in [0.1, 0.15) is 12.1 Å². The van der Waals surface area contributed by atoms with Gasteiger partial charge in [0.25, 0.3) is 0 Å². The number of aromatic nitrogens is 2. The lowest BCUT2D eigenvalue weighted by Gasteiger charge is -2.24. The van der Waals surface area contributed by atoms with E-state index in [1.54, 1.807) is 6.92 Å². The summed E-state index contributed by atoms with van der Waals surface area (Å²) in [6, 6.07) is -0.615. The first-order chi connectivity index (χ1) is 9.28. The molecule has 110 valence electrons. The first kappa shape index (κ1) is 15.0. The summed E-state index contributed by atoms with van der Waals surface area (Å²) in [6.07, 6.45) is 6.69. The van der Waals surface area contributed by atoms with E-state index >= 15 is 0 Å². The van der Waals surface area contributed by atoms with Gasteiger partial charge in [-0.05, 0) is 13.3 Å². The normalized spacial score (nSPS) is 21.9. The molecule has 0 aromatic carbocycles. The minimum atomic E-state index is -3.85. The van der Waals surface area contributed by atoms with E-state index in [9.17, 15) is 16.8 Å². The van der Waals surface area contributed by atoms with Gasteiger partial charge < -0.3 is 0 Å². The first-order valence-corrected chi connectivity index (χ1v) is 9.20. The lowest BCUT2D eigenvalue weighted by atomic mass is 10.3. The number of nitrogens with zero attached hydrogens (tertiary/aromatic N) is 2. The quantitative estimate of drug-likeness (QED) is 0.757. The van der Waals surface area contributed by atoms with Crippen LogP contribution in [0.3, 0.4) is 0 Å². The molecule has 1 aliphatic heterocycles. The molecule has 0 bridgehead atoms. The Labute approximate surface area is 118 Å². The van der Waals surface area contributed by atoms with E-state index in [2.05, 4.69) is 16.1 Å². The van der Waals surface area contributed by atoms with Crippen LogP contribution in [-0.4, -0.2) is 55.4 Å². The van der Waals surface area contributed by atoms with Crippen LogP contribution in [0.5, 0.6) is 0 Å². The molecule has 0 radical (unpaired) electrons. The van der Waals surface area contributed by atoms with Gasteiger partial charge in [0, 0.05) is 6.04 Å². The topological polar surface area (TPSA) is 100 Å². The monoisotopic (exact) mass is 317 g/mol. The number of H-pyrrole nitrogens is 1. The number of aromatic amines is 1. The van der Waals surface area contributed by atoms with Crippen LogP contribution in [0.25, 0.3) is 0 Å². The summed E-state index contributed by atoms with van der Waals surface area (Å²) in [5.41, 5.74) is 0.396. The van der Waals surface area contributed by atoms with Gasteiger partial charge in [-0.15, -0.1) is 6.42 Å². The van der Waals surface area contributed by atoms with Crippen molar-refractivity contribution in [3.8, 4) is 12.3 Å². The zero-order valence-corrected chi connectivity index (χ0v) is 12.5. The van der Waals surface area contributed by atoms with Gasteiger partial charge in [-0.2, -0.15) is 9.40 Å². The molecule has 1 unspecified atom stereocenters. The van der Waals surface area contributed by atoms with E-state index < -0.39 is 25.9 Å². The highest BCUT2D eigenvalue weighted by Gasteiger charge is 2.39. The van der Waals surface area contributed by atoms with E-state index in [4.69, 9.17) is 6.42 Å². The Morgan fingerprint density at radius 1 is 1.60 bits per heavy atom. The summed E-state index contributed by atoms with van der Waals surface area (Å²) in [7, 11) is -7.05. The highest BCUT2D eigenvalue weighted by Crippen LogP contribution is 2.25. The van der Waals surface area contributed by atoms with Gasteiger partial charge in [0.1, 0.15) is 4.90 Å². The van der Waals surface area contributed by atoms with E-state index in [1.807, 2.05) is 0 Å². The Hall–Kier alpha value is -1.37. The van der Waals surface area contributed by atoms with Crippen molar-refractivity contribution in [1.29, 1.82) is 0 Å². The molecule has 0 aliphatic carbocycles. The number of sulfonamides is 1.